The zero-order chi connectivity index (χ0) is 13.2. The van der Waals surface area contributed by atoms with Crippen LogP contribution in [-0.4, -0.2) is 48.7 Å². The molecule has 102 valence electrons. The Kier molecular flexibility index (Phi) is 2.39. The molecule has 4 aliphatic rings. The van der Waals surface area contributed by atoms with E-state index in [9.17, 15) is 0 Å². The molecule has 5 rings (SSSR count). The molecular weight excluding hydrogens is 234 g/mol. The Labute approximate surface area is 115 Å². The topological polar surface area (TPSA) is 32.5 Å². The van der Waals surface area contributed by atoms with Gasteiger partial charge in [-0.1, -0.05) is 23.8 Å². The molecular formula is C16H23N3. The van der Waals surface area contributed by atoms with E-state index in [2.05, 4.69) is 41.8 Å². The minimum Gasteiger partial charge on any atom is -0.326 e. The summed E-state index contributed by atoms with van der Waals surface area (Å²) in [6.07, 6.45) is 0. The van der Waals surface area contributed by atoms with Crippen LogP contribution in [0.4, 0.5) is 0 Å². The summed E-state index contributed by atoms with van der Waals surface area (Å²) in [5.74, 6) is 0.649. The van der Waals surface area contributed by atoms with Gasteiger partial charge >= 0.3 is 0 Å². The highest BCUT2D eigenvalue weighted by molar-refractivity contribution is 5.41. The van der Waals surface area contributed by atoms with E-state index in [1.165, 1.54) is 29.8 Å². The lowest BCUT2D eigenvalue weighted by Crippen LogP contribution is -2.77. The first kappa shape index (κ1) is 11.9. The van der Waals surface area contributed by atoms with E-state index in [0.717, 1.165) is 19.8 Å². The van der Waals surface area contributed by atoms with Gasteiger partial charge in [0, 0.05) is 43.6 Å². The van der Waals surface area contributed by atoms with Crippen molar-refractivity contribution in [2.75, 3.05) is 32.8 Å². The van der Waals surface area contributed by atoms with E-state index < -0.39 is 0 Å². The molecule has 4 saturated heterocycles. The molecule has 3 nitrogen and oxygen atoms in total. The number of aryl methyl sites for hydroxylation is 2. The van der Waals surface area contributed by atoms with Gasteiger partial charge in [0.15, 0.2) is 0 Å². The summed E-state index contributed by atoms with van der Waals surface area (Å²) in [7, 11) is 0. The third-order valence-electron chi connectivity index (χ3n) is 5.47. The van der Waals surface area contributed by atoms with Crippen LogP contribution in [0.25, 0.3) is 0 Å². The van der Waals surface area contributed by atoms with Crippen molar-refractivity contribution >= 4 is 0 Å². The standard InChI is InChI=1S/C16H23N3/c1-11-3-4-12(2)14(5-11)16-8-18-6-13(15(16)17)7-19(9-16)10-18/h3-5,13,15H,6-10,17H2,1-2H3. The first-order chi connectivity index (χ1) is 9.08. The first-order valence-corrected chi connectivity index (χ1v) is 7.36. The van der Waals surface area contributed by atoms with Crippen molar-refractivity contribution in [1.29, 1.82) is 0 Å². The van der Waals surface area contributed by atoms with Crippen LogP contribution in [0.1, 0.15) is 16.7 Å². The van der Waals surface area contributed by atoms with Crippen molar-refractivity contribution in [3.8, 4) is 0 Å². The lowest BCUT2D eigenvalue weighted by molar-refractivity contribution is -0.0993. The second kappa shape index (κ2) is 3.81. The van der Waals surface area contributed by atoms with E-state index in [0.29, 0.717) is 12.0 Å². The van der Waals surface area contributed by atoms with Gasteiger partial charge in [0.25, 0.3) is 0 Å². The van der Waals surface area contributed by atoms with Crippen molar-refractivity contribution in [3.63, 3.8) is 0 Å². The molecule has 2 N–H and O–H groups in total. The lowest BCUT2D eigenvalue weighted by Gasteiger charge is -2.63. The molecule has 4 aliphatic heterocycles. The fourth-order valence-corrected chi connectivity index (χ4v) is 4.71. The van der Waals surface area contributed by atoms with Crippen LogP contribution < -0.4 is 5.73 Å². The predicted octanol–water partition coefficient (Wildman–Crippen LogP) is 1.09. The quantitative estimate of drug-likeness (QED) is 0.817. The van der Waals surface area contributed by atoms with Crippen molar-refractivity contribution in [2.45, 2.75) is 25.3 Å². The Balaban J connectivity index is 1.86. The summed E-state index contributed by atoms with van der Waals surface area (Å²) < 4.78 is 0. The van der Waals surface area contributed by atoms with Gasteiger partial charge in [-0.05, 0) is 25.0 Å². The van der Waals surface area contributed by atoms with Gasteiger partial charge < -0.3 is 5.73 Å². The van der Waals surface area contributed by atoms with Crippen molar-refractivity contribution in [3.05, 3.63) is 34.9 Å². The third kappa shape index (κ3) is 1.55. The first-order valence-electron chi connectivity index (χ1n) is 7.36. The molecule has 3 atom stereocenters. The molecule has 0 aliphatic carbocycles. The molecule has 3 unspecified atom stereocenters. The average molecular weight is 257 g/mol. The second-order valence-electron chi connectivity index (χ2n) is 6.92. The number of piperidine rings is 2. The highest BCUT2D eigenvalue weighted by Gasteiger charge is 2.55. The van der Waals surface area contributed by atoms with E-state index >= 15 is 0 Å². The summed E-state index contributed by atoms with van der Waals surface area (Å²) in [5, 5.41) is 0. The molecule has 0 spiro atoms. The average Bonchev–Trinajstić information content (AvgIpc) is 2.37. The van der Waals surface area contributed by atoms with Crippen LogP contribution in [0.15, 0.2) is 18.2 Å². The minimum atomic E-state index is 0.162. The molecule has 0 aromatic heterocycles. The fraction of sp³-hybridized carbons (Fsp3) is 0.625. The summed E-state index contributed by atoms with van der Waals surface area (Å²) in [5.41, 5.74) is 11.1. The van der Waals surface area contributed by atoms with Gasteiger partial charge in [0.05, 0.1) is 6.67 Å². The van der Waals surface area contributed by atoms with E-state index in [4.69, 9.17) is 5.73 Å². The maximum absolute atomic E-state index is 6.70. The largest absolute Gasteiger partial charge is 0.326 e. The molecule has 4 bridgehead atoms. The number of benzene rings is 1. The summed E-state index contributed by atoms with van der Waals surface area (Å²) in [4.78, 5) is 5.20. The van der Waals surface area contributed by atoms with Crippen LogP contribution in [0.2, 0.25) is 0 Å². The Hall–Kier alpha value is -0.900. The molecule has 3 heteroatoms. The predicted molar refractivity (Wildman–Crippen MR) is 77.1 cm³/mol. The Morgan fingerprint density at radius 1 is 1.16 bits per heavy atom. The van der Waals surface area contributed by atoms with Crippen LogP contribution >= 0.6 is 0 Å². The van der Waals surface area contributed by atoms with Crippen molar-refractivity contribution < 1.29 is 0 Å². The highest BCUT2D eigenvalue weighted by atomic mass is 15.4. The summed E-state index contributed by atoms with van der Waals surface area (Å²) >= 11 is 0. The monoisotopic (exact) mass is 257 g/mol. The smallest absolute Gasteiger partial charge is 0.0507 e. The van der Waals surface area contributed by atoms with Gasteiger partial charge in [-0.25, -0.2) is 0 Å². The van der Waals surface area contributed by atoms with Crippen LogP contribution in [0, 0.1) is 19.8 Å². The molecule has 19 heavy (non-hydrogen) atoms. The maximum atomic E-state index is 6.70. The van der Waals surface area contributed by atoms with Crippen LogP contribution in [0.5, 0.6) is 0 Å². The summed E-state index contributed by atoms with van der Waals surface area (Å²) in [6.45, 7) is 10.3. The fourth-order valence-electron chi connectivity index (χ4n) is 4.71. The Morgan fingerprint density at radius 2 is 1.84 bits per heavy atom. The van der Waals surface area contributed by atoms with Gasteiger partial charge in [-0.3, -0.25) is 9.80 Å². The van der Waals surface area contributed by atoms with Gasteiger partial charge in [-0.15, -0.1) is 0 Å². The van der Waals surface area contributed by atoms with E-state index in [1.54, 1.807) is 0 Å². The van der Waals surface area contributed by atoms with Crippen LogP contribution in [0.3, 0.4) is 0 Å². The SMILES string of the molecule is Cc1ccc(C)c(C23CN4CC(CN(C4)C2)C3N)c1. The van der Waals surface area contributed by atoms with E-state index in [1.807, 2.05) is 0 Å². The Bertz CT molecular complexity index is 511. The van der Waals surface area contributed by atoms with Gasteiger partial charge in [0.2, 0.25) is 0 Å². The zero-order valence-corrected chi connectivity index (χ0v) is 11.9. The highest BCUT2D eigenvalue weighted by Crippen LogP contribution is 2.44. The second-order valence-corrected chi connectivity index (χ2v) is 6.92. The minimum absolute atomic E-state index is 0.162. The molecule has 4 heterocycles. The van der Waals surface area contributed by atoms with Gasteiger partial charge in [-0.2, -0.15) is 0 Å². The van der Waals surface area contributed by atoms with Crippen LogP contribution in [-0.2, 0) is 5.41 Å². The molecule has 1 aromatic carbocycles. The zero-order valence-electron chi connectivity index (χ0n) is 11.9. The summed E-state index contributed by atoms with van der Waals surface area (Å²) in [6, 6.07) is 7.18. The lowest BCUT2D eigenvalue weighted by atomic mass is 9.62. The molecule has 1 aromatic rings. The van der Waals surface area contributed by atoms with E-state index in [-0.39, 0.29) is 5.41 Å². The normalized spacial score (nSPS) is 43.7. The number of nitrogens with two attached hydrogens (primary N) is 1. The molecule has 0 amide bonds. The maximum Gasteiger partial charge on any atom is 0.0507 e. The number of nitrogens with zero attached hydrogens (tertiary/aromatic N) is 2. The molecule has 4 fully saturated rings. The number of rotatable bonds is 1. The van der Waals surface area contributed by atoms with Crippen molar-refractivity contribution in [1.82, 2.24) is 9.80 Å². The molecule has 0 saturated carbocycles. The van der Waals surface area contributed by atoms with Crippen molar-refractivity contribution in [2.24, 2.45) is 11.7 Å². The third-order valence-corrected chi connectivity index (χ3v) is 5.47. The molecule has 0 radical (unpaired) electrons. The number of hydrogen-bond acceptors (Lipinski definition) is 3. The van der Waals surface area contributed by atoms with Gasteiger partial charge in [0.1, 0.15) is 0 Å². The number of hydrogen-bond donors (Lipinski definition) is 1. The Morgan fingerprint density at radius 3 is 2.53 bits per heavy atom.